The van der Waals surface area contributed by atoms with Crippen LogP contribution in [0.3, 0.4) is 0 Å². The Kier molecular flexibility index (Phi) is 6.61. The Balaban J connectivity index is 1.69. The summed E-state index contributed by atoms with van der Waals surface area (Å²) in [5, 5.41) is 5.82. The molecule has 1 amide bonds. The fraction of sp³-hybridized carbons (Fsp3) is 0.312. The average molecular weight is 340 g/mol. The molecule has 0 saturated heterocycles. The molecule has 0 saturated carbocycles. The highest BCUT2D eigenvalue weighted by atomic mass is 35.5. The van der Waals surface area contributed by atoms with E-state index in [1.165, 1.54) is 4.88 Å². The van der Waals surface area contributed by atoms with Gasteiger partial charge in [-0.05, 0) is 42.5 Å². The van der Waals surface area contributed by atoms with Crippen LogP contribution in [0.5, 0.6) is 0 Å². The summed E-state index contributed by atoms with van der Waals surface area (Å²) in [6.07, 6.45) is 0.794. The molecule has 0 aliphatic rings. The molecule has 1 aromatic heterocycles. The molecular weight excluding hydrogens is 322 g/mol. The highest BCUT2D eigenvalue weighted by Crippen LogP contribution is 2.17. The number of carbonyl (C=O) groups excluding carboxylic acids is 1. The van der Waals surface area contributed by atoms with Crippen LogP contribution in [0.15, 0.2) is 41.8 Å². The number of rotatable bonds is 7. The molecule has 1 atom stereocenters. The maximum atomic E-state index is 11.9. The van der Waals surface area contributed by atoms with E-state index in [0.717, 1.165) is 22.8 Å². The Morgan fingerprint density at radius 3 is 2.95 bits per heavy atom. The van der Waals surface area contributed by atoms with Crippen LogP contribution >= 0.6 is 34.7 Å². The first-order valence-electron chi connectivity index (χ1n) is 6.77. The van der Waals surface area contributed by atoms with Crippen LogP contribution in [-0.2, 0) is 17.0 Å². The van der Waals surface area contributed by atoms with Crippen molar-refractivity contribution in [2.45, 2.75) is 25.1 Å². The fourth-order valence-corrected chi connectivity index (χ4v) is 3.92. The summed E-state index contributed by atoms with van der Waals surface area (Å²) in [4.78, 5) is 13.2. The molecule has 1 heterocycles. The summed E-state index contributed by atoms with van der Waals surface area (Å²) in [5.41, 5.74) is 1.14. The normalized spacial score (nSPS) is 12.1. The van der Waals surface area contributed by atoms with Gasteiger partial charge >= 0.3 is 0 Å². The molecule has 0 radical (unpaired) electrons. The summed E-state index contributed by atoms with van der Waals surface area (Å²) in [6.45, 7) is 2.02. The Hall–Kier alpha value is -0.970. The zero-order valence-corrected chi connectivity index (χ0v) is 14.2. The molecule has 1 aromatic carbocycles. The molecule has 2 aromatic rings. The zero-order chi connectivity index (χ0) is 15.1. The van der Waals surface area contributed by atoms with Gasteiger partial charge in [0.1, 0.15) is 0 Å². The van der Waals surface area contributed by atoms with Crippen molar-refractivity contribution < 1.29 is 4.79 Å². The number of benzene rings is 1. The van der Waals surface area contributed by atoms with Gasteiger partial charge in [0.15, 0.2) is 0 Å². The molecule has 5 heteroatoms. The number of halogens is 1. The smallest absolute Gasteiger partial charge is 0.230 e. The van der Waals surface area contributed by atoms with Gasteiger partial charge in [0, 0.05) is 21.7 Å². The lowest BCUT2D eigenvalue weighted by atomic mass is 10.1. The van der Waals surface area contributed by atoms with Crippen LogP contribution in [-0.4, -0.2) is 17.7 Å². The Morgan fingerprint density at radius 2 is 2.24 bits per heavy atom. The average Bonchev–Trinajstić information content (AvgIpc) is 2.91. The fourth-order valence-electron chi connectivity index (χ4n) is 2.02. The number of thioether (sulfide) groups is 1. The molecule has 1 N–H and O–H groups in total. The summed E-state index contributed by atoms with van der Waals surface area (Å²) >= 11 is 9.34. The van der Waals surface area contributed by atoms with Crippen molar-refractivity contribution in [2.24, 2.45) is 0 Å². The first-order valence-corrected chi connectivity index (χ1v) is 9.18. The van der Waals surface area contributed by atoms with Crippen molar-refractivity contribution in [3.05, 3.63) is 57.2 Å². The number of thiophene rings is 1. The van der Waals surface area contributed by atoms with Gasteiger partial charge in [0.05, 0.1) is 5.75 Å². The monoisotopic (exact) mass is 339 g/mol. The van der Waals surface area contributed by atoms with E-state index in [4.69, 9.17) is 11.6 Å². The Morgan fingerprint density at radius 1 is 1.38 bits per heavy atom. The minimum Gasteiger partial charge on any atom is -0.353 e. The molecule has 0 spiro atoms. The van der Waals surface area contributed by atoms with Crippen molar-refractivity contribution in [3.8, 4) is 0 Å². The molecule has 112 valence electrons. The highest BCUT2D eigenvalue weighted by Gasteiger charge is 2.08. The lowest BCUT2D eigenvalue weighted by molar-refractivity contribution is -0.119. The van der Waals surface area contributed by atoms with Crippen LogP contribution in [0.2, 0.25) is 5.02 Å². The van der Waals surface area contributed by atoms with Crippen LogP contribution in [0.1, 0.15) is 17.4 Å². The van der Waals surface area contributed by atoms with Gasteiger partial charge in [-0.1, -0.05) is 29.8 Å². The van der Waals surface area contributed by atoms with Crippen molar-refractivity contribution >= 4 is 40.6 Å². The summed E-state index contributed by atoms with van der Waals surface area (Å²) < 4.78 is 0. The molecule has 21 heavy (non-hydrogen) atoms. The van der Waals surface area contributed by atoms with Gasteiger partial charge in [-0.2, -0.15) is 0 Å². The van der Waals surface area contributed by atoms with Crippen LogP contribution in [0, 0.1) is 0 Å². The second-order valence-corrected chi connectivity index (χ2v) is 7.33. The Labute approximate surface area is 138 Å². The summed E-state index contributed by atoms with van der Waals surface area (Å²) in [6, 6.07) is 12.0. The number of carbonyl (C=O) groups is 1. The van der Waals surface area contributed by atoms with Gasteiger partial charge in [-0.25, -0.2) is 0 Å². The maximum Gasteiger partial charge on any atom is 0.230 e. The molecule has 0 unspecified atom stereocenters. The minimum absolute atomic E-state index is 0.0890. The highest BCUT2D eigenvalue weighted by molar-refractivity contribution is 7.99. The lowest BCUT2D eigenvalue weighted by Crippen LogP contribution is -2.35. The summed E-state index contributed by atoms with van der Waals surface area (Å²) in [5.74, 6) is 1.48. The molecule has 0 aliphatic carbocycles. The predicted molar refractivity (Wildman–Crippen MR) is 93.2 cm³/mol. The SMILES string of the molecule is C[C@H](Cc1cccc(Cl)c1)NC(=O)CSCc1cccs1. The van der Waals surface area contributed by atoms with Crippen LogP contribution in [0.25, 0.3) is 0 Å². The van der Waals surface area contributed by atoms with E-state index < -0.39 is 0 Å². The second kappa shape index (κ2) is 8.47. The van der Waals surface area contributed by atoms with Gasteiger partial charge in [-0.15, -0.1) is 23.1 Å². The zero-order valence-electron chi connectivity index (χ0n) is 11.8. The topological polar surface area (TPSA) is 29.1 Å². The summed E-state index contributed by atoms with van der Waals surface area (Å²) in [7, 11) is 0. The standard InChI is InChI=1S/C16H18ClNOS2/c1-12(8-13-4-2-5-14(17)9-13)18-16(19)11-20-10-15-6-3-7-21-15/h2-7,9,12H,8,10-11H2,1H3,(H,18,19)/t12-/m1/s1. The van der Waals surface area contributed by atoms with E-state index in [0.29, 0.717) is 5.75 Å². The van der Waals surface area contributed by atoms with E-state index in [-0.39, 0.29) is 11.9 Å². The third-order valence-electron chi connectivity index (χ3n) is 2.90. The largest absolute Gasteiger partial charge is 0.353 e. The molecule has 0 aliphatic heterocycles. The van der Waals surface area contributed by atoms with Crippen molar-refractivity contribution in [1.82, 2.24) is 5.32 Å². The van der Waals surface area contributed by atoms with E-state index >= 15 is 0 Å². The van der Waals surface area contributed by atoms with E-state index in [1.807, 2.05) is 37.3 Å². The van der Waals surface area contributed by atoms with E-state index in [9.17, 15) is 4.79 Å². The maximum absolute atomic E-state index is 11.9. The van der Waals surface area contributed by atoms with Crippen molar-refractivity contribution in [1.29, 1.82) is 0 Å². The lowest BCUT2D eigenvalue weighted by Gasteiger charge is -2.14. The quantitative estimate of drug-likeness (QED) is 0.811. The van der Waals surface area contributed by atoms with Crippen LogP contribution in [0.4, 0.5) is 0 Å². The van der Waals surface area contributed by atoms with Gasteiger partial charge < -0.3 is 5.32 Å². The predicted octanol–water partition coefficient (Wildman–Crippen LogP) is 4.38. The molecule has 2 rings (SSSR count). The van der Waals surface area contributed by atoms with Gasteiger partial charge in [-0.3, -0.25) is 4.79 Å². The number of nitrogens with one attached hydrogen (secondary N) is 1. The molecule has 2 nitrogen and oxygen atoms in total. The third kappa shape index (κ3) is 6.12. The van der Waals surface area contributed by atoms with Gasteiger partial charge in [0.25, 0.3) is 0 Å². The number of amides is 1. The molecular formula is C16H18ClNOS2. The van der Waals surface area contributed by atoms with Crippen LogP contribution < -0.4 is 5.32 Å². The first kappa shape index (κ1) is 16.4. The number of hydrogen-bond donors (Lipinski definition) is 1. The van der Waals surface area contributed by atoms with Gasteiger partial charge in [0.2, 0.25) is 5.91 Å². The Bertz CT molecular complexity index is 571. The first-order chi connectivity index (χ1) is 10.1. The van der Waals surface area contributed by atoms with E-state index in [1.54, 1.807) is 23.1 Å². The van der Waals surface area contributed by atoms with E-state index in [2.05, 4.69) is 16.8 Å². The molecule has 0 fully saturated rings. The molecule has 0 bridgehead atoms. The second-order valence-electron chi connectivity index (χ2n) is 4.87. The van der Waals surface area contributed by atoms with Crippen molar-refractivity contribution in [3.63, 3.8) is 0 Å². The van der Waals surface area contributed by atoms with Crippen molar-refractivity contribution in [2.75, 3.05) is 5.75 Å². The number of hydrogen-bond acceptors (Lipinski definition) is 3. The minimum atomic E-state index is 0.0890. The third-order valence-corrected chi connectivity index (χ3v) is 5.17.